The largest absolute Gasteiger partial charge is 0.467 e. The first-order valence-corrected chi connectivity index (χ1v) is 6.16. The molecule has 1 unspecified atom stereocenters. The summed E-state index contributed by atoms with van der Waals surface area (Å²) in [7, 11) is 1.29. The van der Waals surface area contributed by atoms with Gasteiger partial charge in [-0.3, -0.25) is 4.79 Å². The molecule has 0 aliphatic heterocycles. The molecule has 1 fully saturated rings. The lowest BCUT2D eigenvalue weighted by molar-refractivity contribution is -0.142. The van der Waals surface area contributed by atoms with Crippen LogP contribution in [0.2, 0.25) is 5.02 Å². The second-order valence-corrected chi connectivity index (χ2v) is 4.84. The van der Waals surface area contributed by atoms with Crippen LogP contribution in [0.3, 0.4) is 0 Å². The summed E-state index contributed by atoms with van der Waals surface area (Å²) in [4.78, 5) is 23.3. The molecule has 1 aromatic rings. The van der Waals surface area contributed by atoms with Crippen molar-refractivity contribution in [3.8, 4) is 0 Å². The van der Waals surface area contributed by atoms with E-state index < -0.39 is 12.0 Å². The van der Waals surface area contributed by atoms with E-state index in [0.717, 1.165) is 12.8 Å². The highest BCUT2D eigenvalue weighted by Crippen LogP contribution is 2.37. The van der Waals surface area contributed by atoms with Crippen LogP contribution in [0, 0.1) is 0 Å². The number of hydrogen-bond donors (Lipinski definition) is 1. The first-order chi connectivity index (χ1) is 8.52. The first-order valence-electron chi connectivity index (χ1n) is 5.79. The van der Waals surface area contributed by atoms with E-state index in [2.05, 4.69) is 10.1 Å². The van der Waals surface area contributed by atoms with E-state index in [1.54, 1.807) is 19.2 Å². The second-order valence-electron chi connectivity index (χ2n) is 4.40. The van der Waals surface area contributed by atoms with Crippen molar-refractivity contribution in [3.63, 3.8) is 0 Å². The third-order valence-electron chi connectivity index (χ3n) is 2.89. The fraction of sp³-hybridized carbons (Fsp3) is 0.500. The van der Waals surface area contributed by atoms with Crippen LogP contribution in [0.5, 0.6) is 0 Å². The summed E-state index contributed by atoms with van der Waals surface area (Å²) in [5.41, 5.74) is 0.484. The topological polar surface area (TPSA) is 60.3 Å². The molecule has 6 heteroatoms. The van der Waals surface area contributed by atoms with E-state index in [1.807, 2.05) is 4.57 Å². The van der Waals surface area contributed by atoms with E-state index in [9.17, 15) is 9.59 Å². The number of amides is 1. The number of ether oxygens (including phenoxy) is 1. The van der Waals surface area contributed by atoms with Crippen LogP contribution in [0.25, 0.3) is 0 Å². The fourth-order valence-electron chi connectivity index (χ4n) is 1.79. The molecule has 1 aliphatic carbocycles. The number of carbonyl (C=O) groups is 2. The summed E-state index contributed by atoms with van der Waals surface area (Å²) in [5, 5.41) is 3.12. The van der Waals surface area contributed by atoms with E-state index in [4.69, 9.17) is 11.6 Å². The van der Waals surface area contributed by atoms with Crippen LogP contribution in [-0.2, 0) is 9.53 Å². The first kappa shape index (κ1) is 13.0. The standard InChI is InChI=1S/C12H15ClN2O3/c1-7(12(17)18-2)14-11(16)10-5-8(13)6-15(10)9-3-4-9/h5-7,9H,3-4H2,1-2H3,(H,14,16). The van der Waals surface area contributed by atoms with Crippen LogP contribution in [0.1, 0.15) is 36.3 Å². The Morgan fingerprint density at radius 3 is 2.78 bits per heavy atom. The molecular formula is C12H15ClN2O3. The predicted octanol–water partition coefficient (Wildman–Crippen LogP) is 1.77. The Morgan fingerprint density at radius 1 is 1.56 bits per heavy atom. The second kappa shape index (κ2) is 5.02. The third-order valence-corrected chi connectivity index (χ3v) is 3.10. The Bertz CT molecular complexity index is 480. The molecule has 0 bridgehead atoms. The van der Waals surface area contributed by atoms with Crippen molar-refractivity contribution >= 4 is 23.5 Å². The van der Waals surface area contributed by atoms with Gasteiger partial charge in [-0.15, -0.1) is 0 Å². The molecule has 1 heterocycles. The van der Waals surface area contributed by atoms with Gasteiger partial charge in [0, 0.05) is 12.2 Å². The van der Waals surface area contributed by atoms with Gasteiger partial charge in [0.15, 0.2) is 0 Å². The zero-order valence-electron chi connectivity index (χ0n) is 10.3. The average Bonchev–Trinajstić information content (AvgIpc) is 3.11. The molecule has 1 N–H and O–H groups in total. The lowest BCUT2D eigenvalue weighted by Crippen LogP contribution is -2.39. The molecule has 5 nitrogen and oxygen atoms in total. The number of halogens is 1. The number of aromatic nitrogens is 1. The van der Waals surface area contributed by atoms with Gasteiger partial charge in [-0.2, -0.15) is 0 Å². The minimum Gasteiger partial charge on any atom is -0.467 e. The SMILES string of the molecule is COC(=O)C(C)NC(=O)c1cc(Cl)cn1C1CC1. The van der Waals surface area contributed by atoms with Crippen molar-refractivity contribution < 1.29 is 14.3 Å². The van der Waals surface area contributed by atoms with Gasteiger partial charge in [0.2, 0.25) is 0 Å². The highest BCUT2D eigenvalue weighted by Gasteiger charge is 2.28. The molecule has 2 rings (SSSR count). The Kier molecular flexibility index (Phi) is 3.61. The Morgan fingerprint density at radius 2 is 2.22 bits per heavy atom. The Labute approximate surface area is 110 Å². The molecule has 0 aromatic carbocycles. The minimum atomic E-state index is -0.677. The summed E-state index contributed by atoms with van der Waals surface area (Å²) in [6, 6.07) is 1.29. The summed E-state index contributed by atoms with van der Waals surface area (Å²) in [5.74, 6) is -0.786. The lowest BCUT2D eigenvalue weighted by atomic mass is 10.3. The molecule has 0 spiro atoms. The summed E-state index contributed by atoms with van der Waals surface area (Å²) in [6.45, 7) is 1.58. The van der Waals surface area contributed by atoms with Gasteiger partial charge in [0.05, 0.1) is 12.1 Å². The monoisotopic (exact) mass is 270 g/mol. The number of nitrogens with zero attached hydrogens (tertiary/aromatic N) is 1. The molecular weight excluding hydrogens is 256 g/mol. The number of carbonyl (C=O) groups excluding carboxylic acids is 2. The number of hydrogen-bond acceptors (Lipinski definition) is 3. The van der Waals surface area contributed by atoms with Crippen molar-refractivity contribution in [3.05, 3.63) is 23.0 Å². The van der Waals surface area contributed by atoms with Crippen molar-refractivity contribution in [1.82, 2.24) is 9.88 Å². The lowest BCUT2D eigenvalue weighted by Gasteiger charge is -2.12. The maximum Gasteiger partial charge on any atom is 0.328 e. The molecule has 0 radical (unpaired) electrons. The smallest absolute Gasteiger partial charge is 0.328 e. The van der Waals surface area contributed by atoms with E-state index in [0.29, 0.717) is 16.8 Å². The molecule has 98 valence electrons. The van der Waals surface area contributed by atoms with Crippen molar-refractivity contribution in [1.29, 1.82) is 0 Å². The number of esters is 1. The zero-order chi connectivity index (χ0) is 13.3. The molecule has 1 aliphatic rings. The maximum atomic E-state index is 12.0. The van der Waals surface area contributed by atoms with Gasteiger partial charge in [-0.05, 0) is 25.8 Å². The van der Waals surface area contributed by atoms with Gasteiger partial charge < -0.3 is 14.6 Å². The number of rotatable bonds is 4. The molecule has 0 saturated heterocycles. The quantitative estimate of drug-likeness (QED) is 0.848. The van der Waals surface area contributed by atoms with E-state index in [1.165, 1.54) is 7.11 Å². The van der Waals surface area contributed by atoms with Gasteiger partial charge in [0.25, 0.3) is 5.91 Å². The number of methoxy groups -OCH3 is 1. The van der Waals surface area contributed by atoms with Crippen LogP contribution in [0.15, 0.2) is 12.3 Å². The molecule has 18 heavy (non-hydrogen) atoms. The van der Waals surface area contributed by atoms with Crippen molar-refractivity contribution in [2.75, 3.05) is 7.11 Å². The van der Waals surface area contributed by atoms with Crippen molar-refractivity contribution in [2.24, 2.45) is 0 Å². The van der Waals surface area contributed by atoms with Crippen LogP contribution >= 0.6 is 11.6 Å². The van der Waals surface area contributed by atoms with E-state index in [-0.39, 0.29) is 5.91 Å². The highest BCUT2D eigenvalue weighted by molar-refractivity contribution is 6.31. The Balaban J connectivity index is 2.11. The third kappa shape index (κ3) is 2.67. The summed E-state index contributed by atoms with van der Waals surface area (Å²) in [6.07, 6.45) is 3.85. The summed E-state index contributed by atoms with van der Waals surface area (Å²) >= 11 is 5.92. The van der Waals surface area contributed by atoms with Gasteiger partial charge in [-0.25, -0.2) is 4.79 Å². The molecule has 1 aromatic heterocycles. The zero-order valence-corrected chi connectivity index (χ0v) is 11.0. The maximum absolute atomic E-state index is 12.0. The van der Waals surface area contributed by atoms with Crippen LogP contribution < -0.4 is 5.32 Å². The van der Waals surface area contributed by atoms with E-state index >= 15 is 0 Å². The molecule has 1 atom stereocenters. The van der Waals surface area contributed by atoms with Crippen LogP contribution in [0.4, 0.5) is 0 Å². The fourth-order valence-corrected chi connectivity index (χ4v) is 2.00. The minimum absolute atomic E-state index is 0.313. The highest BCUT2D eigenvalue weighted by atomic mass is 35.5. The molecule has 1 amide bonds. The predicted molar refractivity (Wildman–Crippen MR) is 66.7 cm³/mol. The van der Waals surface area contributed by atoms with Gasteiger partial charge in [-0.1, -0.05) is 11.6 Å². The van der Waals surface area contributed by atoms with Crippen LogP contribution in [-0.4, -0.2) is 29.6 Å². The molecule has 1 saturated carbocycles. The number of nitrogens with one attached hydrogen (secondary N) is 1. The van der Waals surface area contributed by atoms with Gasteiger partial charge >= 0.3 is 5.97 Å². The average molecular weight is 271 g/mol. The normalized spacial score (nSPS) is 16.2. The van der Waals surface area contributed by atoms with Crippen molar-refractivity contribution in [2.45, 2.75) is 31.8 Å². The summed E-state index contributed by atoms with van der Waals surface area (Å²) < 4.78 is 6.42. The Hall–Kier alpha value is -1.49. The van der Waals surface area contributed by atoms with Gasteiger partial charge in [0.1, 0.15) is 11.7 Å².